The highest BCUT2D eigenvalue weighted by Crippen LogP contribution is 2.28. The van der Waals surface area contributed by atoms with Crippen molar-refractivity contribution >= 4 is 16.7 Å². The van der Waals surface area contributed by atoms with Gasteiger partial charge in [0.05, 0.1) is 10.9 Å². The lowest BCUT2D eigenvalue weighted by Crippen LogP contribution is -2.25. The normalized spacial score (nSPS) is 23.5. The molecule has 4 heteroatoms. The number of nitrogens with one attached hydrogen (secondary N) is 1. The van der Waals surface area contributed by atoms with Crippen LogP contribution < -0.4 is 5.32 Å². The van der Waals surface area contributed by atoms with Gasteiger partial charge in [-0.05, 0) is 43.7 Å². The van der Waals surface area contributed by atoms with Gasteiger partial charge in [-0.15, -0.1) is 0 Å². The first-order valence-electron chi connectivity index (χ1n) is 6.90. The third-order valence-corrected chi connectivity index (χ3v) is 3.97. The molecule has 0 atom stereocenters. The van der Waals surface area contributed by atoms with E-state index in [-0.39, 0.29) is 5.82 Å². The molecule has 1 N–H and O–H groups in total. The van der Waals surface area contributed by atoms with Crippen LogP contribution in [0.25, 0.3) is 10.9 Å². The summed E-state index contributed by atoms with van der Waals surface area (Å²) in [4.78, 5) is 8.34. The third-order valence-electron chi connectivity index (χ3n) is 3.97. The summed E-state index contributed by atoms with van der Waals surface area (Å²) in [7, 11) is 0. The van der Waals surface area contributed by atoms with Crippen LogP contribution in [0.1, 0.15) is 32.6 Å². The first kappa shape index (κ1) is 12.3. The first-order chi connectivity index (χ1) is 9.24. The van der Waals surface area contributed by atoms with E-state index in [4.69, 9.17) is 0 Å². The summed E-state index contributed by atoms with van der Waals surface area (Å²) in [5, 5.41) is 3.90. The van der Waals surface area contributed by atoms with Crippen LogP contribution in [0.4, 0.5) is 10.2 Å². The molecule has 1 aliphatic rings. The maximum absolute atomic E-state index is 13.9. The molecule has 0 unspecified atom stereocenters. The molecule has 1 fully saturated rings. The Hall–Kier alpha value is -1.71. The number of hydrogen-bond acceptors (Lipinski definition) is 3. The fourth-order valence-electron chi connectivity index (χ4n) is 2.78. The number of aromatic nitrogens is 2. The van der Waals surface area contributed by atoms with Crippen molar-refractivity contribution in [3.05, 3.63) is 30.3 Å². The van der Waals surface area contributed by atoms with Gasteiger partial charge in [0.2, 0.25) is 0 Å². The Morgan fingerprint density at radius 1 is 1.16 bits per heavy atom. The fraction of sp³-hybridized carbons (Fsp3) is 0.467. The summed E-state index contributed by atoms with van der Waals surface area (Å²) < 4.78 is 13.9. The molecule has 100 valence electrons. The molecule has 1 aromatic heterocycles. The van der Waals surface area contributed by atoms with Gasteiger partial charge >= 0.3 is 0 Å². The van der Waals surface area contributed by atoms with Crippen molar-refractivity contribution in [3.8, 4) is 0 Å². The number of halogens is 1. The molecule has 3 rings (SSSR count). The monoisotopic (exact) mass is 259 g/mol. The second-order valence-corrected chi connectivity index (χ2v) is 5.46. The van der Waals surface area contributed by atoms with Crippen molar-refractivity contribution in [3.63, 3.8) is 0 Å². The van der Waals surface area contributed by atoms with Crippen molar-refractivity contribution < 1.29 is 4.39 Å². The first-order valence-corrected chi connectivity index (χ1v) is 6.90. The molecule has 1 aromatic carbocycles. The molecule has 1 heterocycles. The number of nitrogens with zero attached hydrogens (tertiary/aromatic N) is 2. The predicted octanol–water partition coefficient (Wildman–Crippen LogP) is 3.76. The van der Waals surface area contributed by atoms with Crippen LogP contribution in [-0.2, 0) is 0 Å². The van der Waals surface area contributed by atoms with E-state index in [0.717, 1.165) is 18.8 Å². The van der Waals surface area contributed by atoms with Crippen LogP contribution in [0.15, 0.2) is 24.5 Å². The van der Waals surface area contributed by atoms with E-state index in [2.05, 4.69) is 22.2 Å². The molecule has 0 saturated heterocycles. The van der Waals surface area contributed by atoms with Crippen molar-refractivity contribution in [2.45, 2.75) is 38.6 Å². The summed E-state index contributed by atoms with van der Waals surface area (Å²) in [6, 6.07) is 5.35. The topological polar surface area (TPSA) is 37.8 Å². The summed E-state index contributed by atoms with van der Waals surface area (Å²) in [5.74, 6) is 1.17. The zero-order valence-electron chi connectivity index (χ0n) is 11.1. The lowest BCUT2D eigenvalue weighted by Gasteiger charge is -2.27. The molecule has 0 spiro atoms. The quantitative estimate of drug-likeness (QED) is 0.892. The molecule has 1 aliphatic carbocycles. The number of anilines is 1. The van der Waals surface area contributed by atoms with Gasteiger partial charge in [-0.3, -0.25) is 0 Å². The lowest BCUT2D eigenvalue weighted by molar-refractivity contribution is 0.361. The SMILES string of the molecule is CC1CCC(Nc2ncnc3cccc(F)c23)CC1. The van der Waals surface area contributed by atoms with Gasteiger partial charge in [0.25, 0.3) is 0 Å². The fourth-order valence-corrected chi connectivity index (χ4v) is 2.78. The predicted molar refractivity (Wildman–Crippen MR) is 74.5 cm³/mol. The molecular formula is C15H18FN3. The maximum atomic E-state index is 13.9. The van der Waals surface area contributed by atoms with Crippen LogP contribution in [0.5, 0.6) is 0 Å². The zero-order chi connectivity index (χ0) is 13.2. The van der Waals surface area contributed by atoms with Crippen molar-refractivity contribution in [2.75, 3.05) is 5.32 Å². The van der Waals surface area contributed by atoms with Crippen LogP contribution in [0.2, 0.25) is 0 Å². The van der Waals surface area contributed by atoms with Crippen LogP contribution >= 0.6 is 0 Å². The van der Waals surface area contributed by atoms with Crippen LogP contribution in [-0.4, -0.2) is 16.0 Å². The lowest BCUT2D eigenvalue weighted by atomic mass is 9.87. The van der Waals surface area contributed by atoms with Crippen molar-refractivity contribution in [1.29, 1.82) is 0 Å². The Labute approximate surface area is 112 Å². The minimum atomic E-state index is -0.259. The average Bonchev–Trinajstić information content (AvgIpc) is 2.42. The summed E-state index contributed by atoms with van der Waals surface area (Å²) in [5.41, 5.74) is 0.654. The summed E-state index contributed by atoms with van der Waals surface area (Å²) in [6.07, 6.45) is 6.20. The Balaban J connectivity index is 1.88. The molecule has 0 radical (unpaired) electrons. The number of hydrogen-bond donors (Lipinski definition) is 1. The smallest absolute Gasteiger partial charge is 0.140 e. The second-order valence-electron chi connectivity index (χ2n) is 5.46. The average molecular weight is 259 g/mol. The van der Waals surface area contributed by atoms with Gasteiger partial charge in [-0.25, -0.2) is 14.4 Å². The van der Waals surface area contributed by atoms with Gasteiger partial charge in [-0.2, -0.15) is 0 Å². The van der Waals surface area contributed by atoms with Crippen molar-refractivity contribution in [2.24, 2.45) is 5.92 Å². The number of benzene rings is 1. The van der Waals surface area contributed by atoms with Gasteiger partial charge < -0.3 is 5.32 Å². The molecule has 0 amide bonds. The zero-order valence-corrected chi connectivity index (χ0v) is 11.1. The molecule has 1 saturated carbocycles. The molecular weight excluding hydrogens is 241 g/mol. The second kappa shape index (κ2) is 5.11. The summed E-state index contributed by atoms with van der Waals surface area (Å²) in [6.45, 7) is 2.29. The van der Waals surface area contributed by atoms with Crippen LogP contribution in [0, 0.1) is 11.7 Å². The Morgan fingerprint density at radius 3 is 2.74 bits per heavy atom. The van der Waals surface area contributed by atoms with Crippen LogP contribution in [0.3, 0.4) is 0 Å². The van der Waals surface area contributed by atoms with E-state index < -0.39 is 0 Å². The highest BCUT2D eigenvalue weighted by molar-refractivity contribution is 5.89. The Kier molecular flexibility index (Phi) is 3.32. The number of rotatable bonds is 2. The van der Waals surface area contributed by atoms with E-state index >= 15 is 0 Å². The largest absolute Gasteiger partial charge is 0.367 e. The number of fused-ring (bicyclic) bond motifs is 1. The van der Waals surface area contributed by atoms with Crippen molar-refractivity contribution in [1.82, 2.24) is 9.97 Å². The van der Waals surface area contributed by atoms with E-state index in [1.165, 1.54) is 25.2 Å². The van der Waals surface area contributed by atoms with Gasteiger partial charge in [0, 0.05) is 6.04 Å². The Morgan fingerprint density at radius 2 is 1.95 bits per heavy atom. The molecule has 0 bridgehead atoms. The Bertz CT molecular complexity index is 571. The highest BCUT2D eigenvalue weighted by Gasteiger charge is 2.19. The summed E-state index contributed by atoms with van der Waals surface area (Å²) >= 11 is 0. The minimum absolute atomic E-state index is 0.259. The molecule has 3 nitrogen and oxygen atoms in total. The molecule has 19 heavy (non-hydrogen) atoms. The molecule has 2 aromatic rings. The standard InChI is InChI=1S/C15H18FN3/c1-10-5-7-11(8-6-10)19-15-14-12(16)3-2-4-13(14)17-9-18-15/h2-4,9-11H,5-8H2,1H3,(H,17,18,19). The minimum Gasteiger partial charge on any atom is -0.367 e. The maximum Gasteiger partial charge on any atom is 0.140 e. The van der Waals surface area contributed by atoms with E-state index in [1.54, 1.807) is 6.07 Å². The van der Waals surface area contributed by atoms with Gasteiger partial charge in [-0.1, -0.05) is 13.0 Å². The van der Waals surface area contributed by atoms with Gasteiger partial charge in [0.15, 0.2) is 0 Å². The van der Waals surface area contributed by atoms with Gasteiger partial charge in [0.1, 0.15) is 18.0 Å². The third kappa shape index (κ3) is 2.53. The van der Waals surface area contributed by atoms with E-state index in [0.29, 0.717) is 22.8 Å². The molecule has 0 aliphatic heterocycles. The van der Waals surface area contributed by atoms with E-state index in [9.17, 15) is 4.39 Å². The van der Waals surface area contributed by atoms with E-state index in [1.807, 2.05) is 6.07 Å². The highest BCUT2D eigenvalue weighted by atomic mass is 19.1.